The topological polar surface area (TPSA) is 88.7 Å². The molecule has 3 aromatic rings. The van der Waals surface area contributed by atoms with Crippen molar-refractivity contribution in [1.82, 2.24) is 25.1 Å². The van der Waals surface area contributed by atoms with Gasteiger partial charge in [0.25, 0.3) is 5.91 Å². The highest BCUT2D eigenvalue weighted by Gasteiger charge is 2.36. The van der Waals surface area contributed by atoms with Gasteiger partial charge in [0.1, 0.15) is 11.4 Å². The maximum atomic E-state index is 14.0. The first-order valence-corrected chi connectivity index (χ1v) is 18.0. The molecule has 3 aliphatic rings. The predicted octanol–water partition coefficient (Wildman–Crippen LogP) is 8.08. The Labute approximate surface area is 298 Å². The van der Waals surface area contributed by atoms with Gasteiger partial charge in [-0.15, -0.1) is 0 Å². The third-order valence-electron chi connectivity index (χ3n) is 9.30. The van der Waals surface area contributed by atoms with Crippen LogP contribution in [0.5, 0.6) is 0 Å². The molecule has 3 N–H and O–H groups in total. The molecule has 1 amide bonds. The number of rotatable bonds is 9. The lowest BCUT2D eigenvalue weighted by molar-refractivity contribution is -0.137. The van der Waals surface area contributed by atoms with Gasteiger partial charge in [-0.3, -0.25) is 14.6 Å². The molecular weight excluding hydrogens is 667 g/mol. The number of benzene rings is 2. The van der Waals surface area contributed by atoms with Gasteiger partial charge in [0.2, 0.25) is 12.4 Å². The summed E-state index contributed by atoms with van der Waals surface area (Å²) in [5, 5.41) is 8.19. The number of hydrogen-bond donors (Lipinski definition) is 3. The van der Waals surface area contributed by atoms with Crippen LogP contribution in [0.25, 0.3) is 0 Å². The number of alkyl halides is 5. The first-order chi connectivity index (χ1) is 24.5. The number of fused-ring (bicyclic) bond motifs is 1. The smallest absolute Gasteiger partial charge is 0.371 e. The summed E-state index contributed by atoms with van der Waals surface area (Å²) in [6.45, 7) is 18.5. The molecule has 0 saturated carbocycles. The SMILES string of the molecule is CC.CC.CC(C)N1CCN(C2CCN(c3ccc(Nc4ncc(C(F)(F)F)c(Nc5cccc6c5C(=O)NC6)n4)c(CC(F)F)c3)CC2)CC1. The van der Waals surface area contributed by atoms with Crippen LogP contribution in [-0.2, 0) is 19.1 Å². The monoisotopic (exact) mass is 718 g/mol. The first kappa shape index (κ1) is 39.7. The van der Waals surface area contributed by atoms with Crippen LogP contribution in [0.1, 0.15) is 81.4 Å². The quantitative estimate of drug-likeness (QED) is 0.192. The van der Waals surface area contributed by atoms with E-state index in [2.05, 4.69) is 54.5 Å². The Morgan fingerprint density at radius 3 is 2.24 bits per heavy atom. The molecule has 2 fully saturated rings. The fourth-order valence-electron chi connectivity index (χ4n) is 6.72. The zero-order valence-corrected chi connectivity index (χ0v) is 30.4. The minimum atomic E-state index is -4.79. The molecule has 0 aliphatic carbocycles. The summed E-state index contributed by atoms with van der Waals surface area (Å²) in [4.78, 5) is 27.6. The zero-order chi connectivity index (χ0) is 37.3. The summed E-state index contributed by atoms with van der Waals surface area (Å²) in [6, 6.07) is 11.1. The van der Waals surface area contributed by atoms with Crippen molar-refractivity contribution in [2.75, 3.05) is 54.8 Å². The summed E-state index contributed by atoms with van der Waals surface area (Å²) in [5.74, 6) is -1.18. The Bertz CT molecular complexity index is 1590. The van der Waals surface area contributed by atoms with Crippen LogP contribution in [0.2, 0.25) is 0 Å². The molecule has 0 radical (unpaired) electrons. The Morgan fingerprint density at radius 2 is 1.61 bits per heavy atom. The molecule has 0 bridgehead atoms. The lowest BCUT2D eigenvalue weighted by atomic mass is 10.0. The largest absolute Gasteiger partial charge is 0.421 e. The van der Waals surface area contributed by atoms with Gasteiger partial charge in [0.05, 0.1) is 11.3 Å². The van der Waals surface area contributed by atoms with E-state index in [1.165, 1.54) is 6.07 Å². The van der Waals surface area contributed by atoms with Crippen LogP contribution in [0.15, 0.2) is 42.6 Å². The highest BCUT2D eigenvalue weighted by atomic mass is 19.4. The van der Waals surface area contributed by atoms with Gasteiger partial charge in [-0.1, -0.05) is 39.8 Å². The summed E-state index contributed by atoms with van der Waals surface area (Å²) in [5.41, 5.74) is 1.32. The second-order valence-corrected chi connectivity index (χ2v) is 12.5. The minimum Gasteiger partial charge on any atom is -0.371 e. The number of aromatic nitrogens is 2. The van der Waals surface area contributed by atoms with E-state index in [0.29, 0.717) is 29.4 Å². The standard InChI is InChI=1S/C33H39F5N8O.2C2H6/c1-20(2)44-12-14-46(15-13-44)23-8-10-45(11-9-23)24-6-7-26(22(16-24)17-28(34)35)42-32-40-19-25(33(36,37)38)30(43-32)41-27-5-3-4-21-18-39-31(47)29(21)27;2*1-2/h3-7,16,19-20,23,28H,8-15,17-18H2,1-2H3,(H,39,47)(H2,40,41,42,43);2*1-2H3. The van der Waals surface area contributed by atoms with Crippen LogP contribution in [0.3, 0.4) is 0 Å². The maximum absolute atomic E-state index is 14.0. The second-order valence-electron chi connectivity index (χ2n) is 12.5. The highest BCUT2D eigenvalue weighted by molar-refractivity contribution is 6.04. The number of nitrogens with zero attached hydrogens (tertiary/aromatic N) is 5. The molecular formula is C37H51F5N8O. The first-order valence-electron chi connectivity index (χ1n) is 18.0. The summed E-state index contributed by atoms with van der Waals surface area (Å²) >= 11 is 0. The normalized spacial score (nSPS) is 17.0. The third kappa shape index (κ3) is 9.85. The van der Waals surface area contributed by atoms with E-state index in [-0.39, 0.29) is 29.4 Å². The van der Waals surface area contributed by atoms with Crippen molar-refractivity contribution < 1.29 is 26.7 Å². The molecule has 9 nitrogen and oxygen atoms in total. The number of amides is 1. The summed E-state index contributed by atoms with van der Waals surface area (Å²) in [7, 11) is 0. The van der Waals surface area contributed by atoms with Gasteiger partial charge < -0.3 is 20.9 Å². The number of piperidine rings is 1. The van der Waals surface area contributed by atoms with E-state index < -0.39 is 36.3 Å². The van der Waals surface area contributed by atoms with Gasteiger partial charge in [-0.05, 0) is 62.1 Å². The summed E-state index contributed by atoms with van der Waals surface area (Å²) in [6.07, 6.45) is -5.39. The van der Waals surface area contributed by atoms with Crippen LogP contribution in [-0.4, -0.2) is 83.5 Å². The van der Waals surface area contributed by atoms with Crippen molar-refractivity contribution in [3.8, 4) is 0 Å². The van der Waals surface area contributed by atoms with Crippen molar-refractivity contribution in [3.63, 3.8) is 0 Å². The van der Waals surface area contributed by atoms with Gasteiger partial charge in [-0.2, -0.15) is 18.2 Å². The van der Waals surface area contributed by atoms with Crippen molar-refractivity contribution in [2.24, 2.45) is 0 Å². The van der Waals surface area contributed by atoms with Gasteiger partial charge in [-0.25, -0.2) is 13.8 Å². The van der Waals surface area contributed by atoms with E-state index in [4.69, 9.17) is 0 Å². The highest BCUT2D eigenvalue weighted by Crippen LogP contribution is 2.37. The Hall–Kier alpha value is -4.04. The van der Waals surface area contributed by atoms with Crippen LogP contribution >= 0.6 is 0 Å². The molecule has 2 saturated heterocycles. The molecule has 4 heterocycles. The number of halogens is 5. The molecule has 51 heavy (non-hydrogen) atoms. The van der Waals surface area contributed by atoms with Crippen molar-refractivity contribution in [1.29, 1.82) is 0 Å². The van der Waals surface area contributed by atoms with E-state index in [9.17, 15) is 26.7 Å². The maximum Gasteiger partial charge on any atom is 0.421 e. The number of nitrogens with one attached hydrogen (secondary N) is 3. The average Bonchev–Trinajstić information content (AvgIpc) is 3.51. The zero-order valence-electron chi connectivity index (χ0n) is 30.4. The Balaban J connectivity index is 0.00000141. The van der Waals surface area contributed by atoms with E-state index in [1.807, 2.05) is 33.8 Å². The lowest BCUT2D eigenvalue weighted by Crippen LogP contribution is -2.54. The molecule has 3 aliphatic heterocycles. The van der Waals surface area contributed by atoms with Crippen molar-refractivity contribution in [3.05, 3.63) is 64.8 Å². The molecule has 1 aromatic heterocycles. The Morgan fingerprint density at radius 1 is 0.922 bits per heavy atom. The molecule has 2 aromatic carbocycles. The molecule has 0 unspecified atom stereocenters. The molecule has 6 rings (SSSR count). The van der Waals surface area contributed by atoms with Crippen LogP contribution in [0.4, 0.5) is 50.8 Å². The van der Waals surface area contributed by atoms with Crippen LogP contribution < -0.4 is 20.9 Å². The summed E-state index contributed by atoms with van der Waals surface area (Å²) < 4.78 is 69.3. The number of carbonyl (C=O) groups is 1. The molecule has 280 valence electrons. The van der Waals surface area contributed by atoms with Crippen molar-refractivity contribution in [2.45, 2.75) is 92.0 Å². The van der Waals surface area contributed by atoms with Crippen molar-refractivity contribution >= 4 is 34.7 Å². The third-order valence-corrected chi connectivity index (χ3v) is 9.30. The fraction of sp³-hybridized carbons (Fsp3) is 0.541. The van der Waals surface area contributed by atoms with Gasteiger partial charge in [0.15, 0.2) is 0 Å². The number of carbonyl (C=O) groups excluding carboxylic acids is 1. The molecule has 0 spiro atoms. The second kappa shape index (κ2) is 17.9. The average molecular weight is 719 g/mol. The molecule has 14 heteroatoms. The van der Waals surface area contributed by atoms with Gasteiger partial charge >= 0.3 is 6.18 Å². The molecule has 0 atom stereocenters. The van der Waals surface area contributed by atoms with Gasteiger partial charge in [0, 0.05) is 81.9 Å². The minimum absolute atomic E-state index is 0.164. The predicted molar refractivity (Wildman–Crippen MR) is 194 cm³/mol. The van der Waals surface area contributed by atoms with E-state index in [1.54, 1.807) is 24.3 Å². The van der Waals surface area contributed by atoms with E-state index >= 15 is 0 Å². The number of hydrogen-bond acceptors (Lipinski definition) is 8. The fourth-order valence-corrected chi connectivity index (χ4v) is 6.72. The Kier molecular flexibility index (Phi) is 14.0. The lowest BCUT2D eigenvalue weighted by Gasteiger charge is -2.44. The van der Waals surface area contributed by atoms with E-state index in [0.717, 1.165) is 57.8 Å². The number of anilines is 5. The van der Waals surface area contributed by atoms with Crippen LogP contribution in [0, 0.1) is 0 Å². The number of piperazine rings is 1.